The van der Waals surface area contributed by atoms with Crippen molar-refractivity contribution in [3.05, 3.63) is 35.9 Å². The SMILES string of the molecule is C[C@@H]1C[C@@H](OC[C@H](O)C[NH+]2CC[NH+](Cc3ccccc3)CC2)CC(C)(C)C1. The number of hydrogen-bond acceptors (Lipinski definition) is 2. The fourth-order valence-electron chi connectivity index (χ4n) is 5.25. The van der Waals surface area contributed by atoms with Gasteiger partial charge in [-0.3, -0.25) is 0 Å². The van der Waals surface area contributed by atoms with Gasteiger partial charge in [-0.2, -0.15) is 0 Å². The highest BCUT2D eigenvalue weighted by Gasteiger charge is 2.33. The number of hydrogen-bond donors (Lipinski definition) is 3. The lowest BCUT2D eigenvalue weighted by atomic mass is 9.71. The molecule has 1 heterocycles. The highest BCUT2D eigenvalue weighted by Crippen LogP contribution is 2.39. The highest BCUT2D eigenvalue weighted by atomic mass is 16.5. The molecule has 0 radical (unpaired) electrons. The quantitative estimate of drug-likeness (QED) is 0.651. The molecule has 3 N–H and O–H groups in total. The average Bonchev–Trinajstić information content (AvgIpc) is 2.61. The van der Waals surface area contributed by atoms with E-state index in [1.807, 2.05) is 0 Å². The highest BCUT2D eigenvalue weighted by molar-refractivity contribution is 5.13. The number of rotatable bonds is 7. The van der Waals surface area contributed by atoms with Crippen LogP contribution < -0.4 is 9.80 Å². The summed E-state index contributed by atoms with van der Waals surface area (Å²) in [7, 11) is 0. The zero-order chi connectivity index (χ0) is 19.3. The third-order valence-corrected chi connectivity index (χ3v) is 6.36. The third kappa shape index (κ3) is 6.86. The first-order chi connectivity index (χ1) is 12.9. The van der Waals surface area contributed by atoms with Crippen molar-refractivity contribution in [1.29, 1.82) is 0 Å². The van der Waals surface area contributed by atoms with Crippen molar-refractivity contribution in [2.24, 2.45) is 11.3 Å². The molecule has 0 amide bonds. The van der Waals surface area contributed by atoms with Gasteiger partial charge in [-0.1, -0.05) is 51.1 Å². The molecule has 0 unspecified atom stereocenters. The van der Waals surface area contributed by atoms with E-state index in [1.54, 1.807) is 4.90 Å². The van der Waals surface area contributed by atoms with Gasteiger partial charge in [-0.15, -0.1) is 0 Å². The second-order valence-corrected chi connectivity index (χ2v) is 9.89. The van der Waals surface area contributed by atoms with Crippen LogP contribution >= 0.6 is 0 Å². The van der Waals surface area contributed by atoms with Crippen molar-refractivity contribution in [3.8, 4) is 0 Å². The number of aliphatic hydroxyl groups excluding tert-OH is 1. The van der Waals surface area contributed by atoms with Crippen LogP contribution in [0.1, 0.15) is 45.6 Å². The maximum Gasteiger partial charge on any atom is 0.127 e. The largest absolute Gasteiger partial charge is 0.385 e. The number of quaternary nitrogens is 2. The first kappa shape index (κ1) is 20.8. The summed E-state index contributed by atoms with van der Waals surface area (Å²) in [5.41, 5.74) is 1.80. The monoisotopic (exact) mass is 376 g/mol. The molecular formula is C23H40N2O2+2. The Morgan fingerprint density at radius 1 is 1.07 bits per heavy atom. The summed E-state index contributed by atoms with van der Waals surface area (Å²) in [5, 5.41) is 10.5. The normalized spacial score (nSPS) is 32.1. The predicted molar refractivity (Wildman–Crippen MR) is 109 cm³/mol. The van der Waals surface area contributed by atoms with E-state index in [1.165, 1.54) is 30.0 Å². The van der Waals surface area contributed by atoms with Crippen molar-refractivity contribution in [3.63, 3.8) is 0 Å². The first-order valence-corrected chi connectivity index (χ1v) is 10.9. The molecule has 0 bridgehead atoms. The molecule has 27 heavy (non-hydrogen) atoms. The molecule has 152 valence electrons. The van der Waals surface area contributed by atoms with Gasteiger partial charge in [-0.05, 0) is 30.6 Å². The summed E-state index contributed by atoms with van der Waals surface area (Å²) in [6.45, 7) is 14.1. The van der Waals surface area contributed by atoms with Crippen LogP contribution in [0.5, 0.6) is 0 Å². The van der Waals surface area contributed by atoms with Crippen LogP contribution in [0, 0.1) is 11.3 Å². The Morgan fingerprint density at radius 3 is 2.41 bits per heavy atom. The number of piperazine rings is 1. The van der Waals surface area contributed by atoms with Crippen molar-refractivity contribution >= 4 is 0 Å². The summed E-state index contributed by atoms with van der Waals surface area (Å²) in [5.74, 6) is 0.724. The van der Waals surface area contributed by atoms with Crippen LogP contribution in [0.3, 0.4) is 0 Å². The van der Waals surface area contributed by atoms with Gasteiger partial charge in [0.15, 0.2) is 0 Å². The van der Waals surface area contributed by atoms with Crippen molar-refractivity contribution in [1.82, 2.24) is 0 Å². The van der Waals surface area contributed by atoms with Crippen LogP contribution in [0.15, 0.2) is 30.3 Å². The van der Waals surface area contributed by atoms with Gasteiger partial charge >= 0.3 is 0 Å². The lowest BCUT2D eigenvalue weighted by Gasteiger charge is -2.39. The van der Waals surface area contributed by atoms with Gasteiger partial charge in [-0.25, -0.2) is 0 Å². The van der Waals surface area contributed by atoms with Gasteiger partial charge in [0.25, 0.3) is 0 Å². The van der Waals surface area contributed by atoms with E-state index in [0.29, 0.717) is 18.1 Å². The lowest BCUT2D eigenvalue weighted by Crippen LogP contribution is -3.28. The van der Waals surface area contributed by atoms with E-state index in [-0.39, 0.29) is 6.10 Å². The van der Waals surface area contributed by atoms with Gasteiger partial charge in [0.2, 0.25) is 0 Å². The number of ether oxygens (including phenoxy) is 1. The second-order valence-electron chi connectivity index (χ2n) is 9.89. The Morgan fingerprint density at radius 2 is 1.74 bits per heavy atom. The van der Waals surface area contributed by atoms with Crippen molar-refractivity contribution in [2.75, 3.05) is 39.3 Å². The van der Waals surface area contributed by atoms with E-state index in [9.17, 15) is 5.11 Å². The van der Waals surface area contributed by atoms with Gasteiger partial charge in [0, 0.05) is 5.56 Å². The van der Waals surface area contributed by atoms with Crippen LogP contribution in [0.2, 0.25) is 0 Å². The number of nitrogens with one attached hydrogen (secondary N) is 2. The molecule has 3 atom stereocenters. The van der Waals surface area contributed by atoms with E-state index in [2.05, 4.69) is 51.1 Å². The molecule has 1 aromatic rings. The number of aliphatic hydroxyl groups is 1. The summed E-state index contributed by atoms with van der Waals surface area (Å²) < 4.78 is 6.12. The average molecular weight is 377 g/mol. The molecule has 1 aromatic carbocycles. The first-order valence-electron chi connectivity index (χ1n) is 10.9. The molecule has 2 aliphatic rings. The summed E-state index contributed by atoms with van der Waals surface area (Å²) in [6.07, 6.45) is 3.54. The molecule has 4 nitrogen and oxygen atoms in total. The van der Waals surface area contributed by atoms with E-state index >= 15 is 0 Å². The van der Waals surface area contributed by atoms with Crippen LogP contribution in [-0.4, -0.2) is 56.6 Å². The van der Waals surface area contributed by atoms with Crippen molar-refractivity contribution < 1.29 is 19.6 Å². The second kappa shape index (κ2) is 9.51. The van der Waals surface area contributed by atoms with Crippen LogP contribution in [-0.2, 0) is 11.3 Å². The smallest absolute Gasteiger partial charge is 0.127 e. The zero-order valence-electron chi connectivity index (χ0n) is 17.5. The Labute approximate surface area is 165 Å². The van der Waals surface area contributed by atoms with E-state index in [4.69, 9.17) is 4.74 Å². The Kier molecular flexibility index (Phi) is 7.32. The minimum absolute atomic E-state index is 0.320. The van der Waals surface area contributed by atoms with Gasteiger partial charge in [0.05, 0.1) is 12.7 Å². The van der Waals surface area contributed by atoms with Crippen molar-refractivity contribution in [2.45, 2.75) is 58.8 Å². The van der Waals surface area contributed by atoms with E-state index in [0.717, 1.165) is 44.9 Å². The maximum atomic E-state index is 10.5. The molecule has 1 aliphatic carbocycles. The number of benzene rings is 1. The Bertz CT molecular complexity index is 555. The fourth-order valence-corrected chi connectivity index (χ4v) is 5.25. The van der Waals surface area contributed by atoms with Gasteiger partial charge in [0.1, 0.15) is 45.4 Å². The molecule has 3 rings (SSSR count). The minimum Gasteiger partial charge on any atom is -0.385 e. The molecule has 2 fully saturated rings. The molecule has 1 aliphatic heterocycles. The summed E-state index contributed by atoms with van der Waals surface area (Å²) in [6, 6.07) is 10.8. The van der Waals surface area contributed by atoms with E-state index < -0.39 is 0 Å². The molecule has 0 aromatic heterocycles. The molecular weight excluding hydrogens is 336 g/mol. The fraction of sp³-hybridized carbons (Fsp3) is 0.739. The minimum atomic E-state index is -0.337. The maximum absolute atomic E-state index is 10.5. The predicted octanol–water partition coefficient (Wildman–Crippen LogP) is 0.562. The molecule has 0 spiro atoms. The molecule has 4 heteroatoms. The standard InChI is InChI=1S/C23H38N2O2/c1-19-13-22(15-23(2,3)14-19)27-18-21(26)17-25-11-9-24(10-12-25)16-20-7-5-4-6-8-20/h4-8,19,21-22,26H,9-18H2,1-3H3/p+2/t19-,21-,22-/m1/s1. The Hall–Kier alpha value is -0.940. The Balaban J connectivity index is 1.34. The lowest BCUT2D eigenvalue weighted by molar-refractivity contribution is -1.02. The third-order valence-electron chi connectivity index (χ3n) is 6.36. The molecule has 1 saturated heterocycles. The zero-order valence-corrected chi connectivity index (χ0v) is 17.5. The molecule has 1 saturated carbocycles. The summed E-state index contributed by atoms with van der Waals surface area (Å²) in [4.78, 5) is 3.19. The van der Waals surface area contributed by atoms with Gasteiger partial charge < -0.3 is 19.6 Å². The topological polar surface area (TPSA) is 38.3 Å². The van der Waals surface area contributed by atoms with Crippen LogP contribution in [0.4, 0.5) is 0 Å². The summed E-state index contributed by atoms with van der Waals surface area (Å²) >= 11 is 0. The van der Waals surface area contributed by atoms with Crippen LogP contribution in [0.25, 0.3) is 0 Å².